The second-order valence-corrected chi connectivity index (χ2v) is 18.1. The van der Waals surface area contributed by atoms with Crippen molar-refractivity contribution in [3.05, 3.63) is 57.6 Å². The highest BCUT2D eigenvalue weighted by Crippen LogP contribution is 2.41. The summed E-state index contributed by atoms with van der Waals surface area (Å²) in [7, 11) is 0. The number of hydrogen-bond acceptors (Lipinski definition) is 6. The van der Waals surface area contributed by atoms with Gasteiger partial charge in [-0.1, -0.05) is 120 Å². The monoisotopic (exact) mass is 667 g/mol. The zero-order chi connectivity index (χ0) is 36.2. The van der Waals surface area contributed by atoms with E-state index in [-0.39, 0.29) is 21.7 Å². The smallest absolute Gasteiger partial charge is 0.123 e. The Labute approximate surface area is 295 Å². The molecule has 0 unspecified atom stereocenters. The summed E-state index contributed by atoms with van der Waals surface area (Å²) in [6, 6.07) is 8.70. The van der Waals surface area contributed by atoms with Crippen molar-refractivity contribution in [2.24, 2.45) is 0 Å². The quantitative estimate of drug-likeness (QED) is 0.0842. The summed E-state index contributed by atoms with van der Waals surface area (Å²) < 4.78 is 0. The molecule has 2 aromatic rings. The average molecular weight is 667 g/mol. The number of benzene rings is 2. The van der Waals surface area contributed by atoms with E-state index in [2.05, 4.69) is 129 Å². The molecule has 0 saturated carbocycles. The lowest BCUT2D eigenvalue weighted by atomic mass is 9.78. The SMILES string of the molecule is CC(C)(C)c1cc(CNCCCNCCCCCCNCCCNCc2cc(C(C)(C)C)c(O)c(C(C)(C)C)c2)cc(C(C)(C)C)c1O. The molecule has 0 spiro atoms. The summed E-state index contributed by atoms with van der Waals surface area (Å²) in [5.74, 6) is 0.908. The van der Waals surface area contributed by atoms with E-state index in [9.17, 15) is 10.2 Å². The molecule has 2 aromatic carbocycles. The van der Waals surface area contributed by atoms with Crippen LogP contribution in [0.1, 0.15) is 155 Å². The molecule has 0 aliphatic heterocycles. The fourth-order valence-corrected chi connectivity index (χ4v) is 6.13. The second-order valence-electron chi connectivity index (χ2n) is 18.1. The van der Waals surface area contributed by atoms with E-state index in [0.717, 1.165) is 87.5 Å². The first-order valence-electron chi connectivity index (χ1n) is 18.8. The van der Waals surface area contributed by atoms with Crippen LogP contribution in [0.5, 0.6) is 11.5 Å². The van der Waals surface area contributed by atoms with E-state index >= 15 is 0 Å². The van der Waals surface area contributed by atoms with Crippen LogP contribution in [0, 0.1) is 0 Å². The van der Waals surface area contributed by atoms with Crippen molar-refractivity contribution in [2.45, 2.75) is 156 Å². The summed E-state index contributed by atoms with van der Waals surface area (Å²) in [5.41, 5.74) is 6.25. The summed E-state index contributed by atoms with van der Waals surface area (Å²) in [4.78, 5) is 0. The van der Waals surface area contributed by atoms with Crippen molar-refractivity contribution >= 4 is 0 Å². The van der Waals surface area contributed by atoms with Crippen LogP contribution in [0.3, 0.4) is 0 Å². The molecule has 2 rings (SSSR count). The summed E-state index contributed by atoms with van der Waals surface area (Å²) >= 11 is 0. The van der Waals surface area contributed by atoms with E-state index in [0.29, 0.717) is 11.5 Å². The van der Waals surface area contributed by atoms with Crippen molar-refractivity contribution in [2.75, 3.05) is 39.3 Å². The molecule has 6 N–H and O–H groups in total. The standard InChI is InChI=1S/C42H74N4O2/c1-39(2,3)33-25-31(26-34(37(33)47)40(4,5)6)29-45-23-17-21-43-19-15-13-14-16-20-44-22-18-24-46-30-32-27-35(41(7,8)9)38(48)36(28-32)42(10,11)12/h25-28,43-48H,13-24,29-30H2,1-12H3. The normalized spacial score (nSPS) is 13.0. The van der Waals surface area contributed by atoms with Crippen LogP contribution >= 0.6 is 0 Å². The van der Waals surface area contributed by atoms with Gasteiger partial charge in [-0.15, -0.1) is 0 Å². The molecule has 0 aliphatic rings. The minimum absolute atomic E-state index is 0.0935. The lowest BCUT2D eigenvalue weighted by Gasteiger charge is -2.28. The Hall–Kier alpha value is -2.12. The molecule has 0 radical (unpaired) electrons. The molecule has 0 bridgehead atoms. The van der Waals surface area contributed by atoms with Crippen LogP contribution in [0.25, 0.3) is 0 Å². The number of rotatable bonds is 19. The maximum atomic E-state index is 10.9. The van der Waals surface area contributed by atoms with Gasteiger partial charge in [-0.25, -0.2) is 0 Å². The molecule has 0 aliphatic carbocycles. The lowest BCUT2D eigenvalue weighted by molar-refractivity contribution is 0.421. The Kier molecular flexibility index (Phi) is 16.4. The molecule has 6 nitrogen and oxygen atoms in total. The van der Waals surface area contributed by atoms with Gasteiger partial charge in [0.1, 0.15) is 11.5 Å². The zero-order valence-electron chi connectivity index (χ0n) is 33.1. The Bertz CT molecular complexity index is 1070. The molecule has 0 heterocycles. The van der Waals surface area contributed by atoms with Crippen molar-refractivity contribution in [1.29, 1.82) is 0 Å². The minimum Gasteiger partial charge on any atom is -0.507 e. The van der Waals surface area contributed by atoms with Gasteiger partial charge in [-0.2, -0.15) is 0 Å². The van der Waals surface area contributed by atoms with Crippen LogP contribution in [-0.4, -0.2) is 49.5 Å². The second kappa shape index (κ2) is 18.8. The van der Waals surface area contributed by atoms with Crippen LogP contribution in [0.15, 0.2) is 24.3 Å². The lowest BCUT2D eigenvalue weighted by Crippen LogP contribution is -2.24. The van der Waals surface area contributed by atoms with Gasteiger partial charge in [0, 0.05) is 13.1 Å². The average Bonchev–Trinajstić information content (AvgIpc) is 2.95. The van der Waals surface area contributed by atoms with Crippen molar-refractivity contribution in [1.82, 2.24) is 21.3 Å². The number of aromatic hydroxyl groups is 2. The van der Waals surface area contributed by atoms with Crippen LogP contribution < -0.4 is 21.3 Å². The molecule has 0 amide bonds. The molecule has 274 valence electrons. The highest BCUT2D eigenvalue weighted by Gasteiger charge is 2.27. The predicted octanol–water partition coefficient (Wildman–Crippen LogP) is 8.69. The Morgan fingerprint density at radius 2 is 0.625 bits per heavy atom. The van der Waals surface area contributed by atoms with Crippen LogP contribution in [-0.2, 0) is 34.7 Å². The van der Waals surface area contributed by atoms with Crippen LogP contribution in [0.2, 0.25) is 0 Å². The van der Waals surface area contributed by atoms with E-state index in [1.54, 1.807) is 0 Å². The maximum Gasteiger partial charge on any atom is 0.123 e. The molecule has 0 atom stereocenters. The number of hydrogen-bond donors (Lipinski definition) is 6. The third-order valence-corrected chi connectivity index (χ3v) is 9.10. The topological polar surface area (TPSA) is 88.6 Å². The number of phenols is 2. The molecule has 0 saturated heterocycles. The number of nitrogens with one attached hydrogen (secondary N) is 4. The largest absolute Gasteiger partial charge is 0.507 e. The first-order valence-corrected chi connectivity index (χ1v) is 18.8. The van der Waals surface area contributed by atoms with Gasteiger partial charge >= 0.3 is 0 Å². The third kappa shape index (κ3) is 14.4. The molecule has 0 fully saturated rings. The number of unbranched alkanes of at least 4 members (excludes halogenated alkanes) is 3. The summed E-state index contributed by atoms with van der Waals surface area (Å²) in [6.45, 7) is 33.9. The summed E-state index contributed by atoms with van der Waals surface area (Å²) in [6.07, 6.45) is 7.25. The maximum absolute atomic E-state index is 10.9. The van der Waals surface area contributed by atoms with Crippen LogP contribution in [0.4, 0.5) is 0 Å². The Morgan fingerprint density at radius 1 is 0.375 bits per heavy atom. The van der Waals surface area contributed by atoms with Crippen molar-refractivity contribution in [3.63, 3.8) is 0 Å². The Balaban J connectivity index is 1.51. The fourth-order valence-electron chi connectivity index (χ4n) is 6.13. The predicted molar refractivity (Wildman–Crippen MR) is 208 cm³/mol. The zero-order valence-corrected chi connectivity index (χ0v) is 33.1. The van der Waals surface area contributed by atoms with Gasteiger partial charge in [-0.3, -0.25) is 0 Å². The van der Waals surface area contributed by atoms with Crippen molar-refractivity contribution in [3.8, 4) is 11.5 Å². The molecule has 0 aromatic heterocycles. The third-order valence-electron chi connectivity index (χ3n) is 9.10. The van der Waals surface area contributed by atoms with E-state index in [1.165, 1.54) is 36.8 Å². The minimum atomic E-state index is -0.0935. The molecular weight excluding hydrogens is 592 g/mol. The van der Waals surface area contributed by atoms with Gasteiger partial charge in [0.05, 0.1) is 0 Å². The van der Waals surface area contributed by atoms with Crippen molar-refractivity contribution < 1.29 is 10.2 Å². The summed E-state index contributed by atoms with van der Waals surface area (Å²) in [5, 5.41) is 36.3. The van der Waals surface area contributed by atoms with E-state index < -0.39 is 0 Å². The van der Waals surface area contributed by atoms with Gasteiger partial charge in [0.15, 0.2) is 0 Å². The molecule has 48 heavy (non-hydrogen) atoms. The first-order chi connectivity index (χ1) is 22.2. The highest BCUT2D eigenvalue weighted by molar-refractivity contribution is 5.51. The van der Waals surface area contributed by atoms with E-state index in [1.807, 2.05) is 0 Å². The Morgan fingerprint density at radius 3 is 0.896 bits per heavy atom. The molecule has 6 heteroatoms. The number of phenolic OH excluding ortho intramolecular Hbond substituents is 2. The van der Waals surface area contributed by atoms with Gasteiger partial charge in [0.2, 0.25) is 0 Å². The molecular formula is C42H74N4O2. The van der Waals surface area contributed by atoms with Gasteiger partial charge in [-0.05, 0) is 120 Å². The van der Waals surface area contributed by atoms with Gasteiger partial charge in [0.25, 0.3) is 0 Å². The highest BCUT2D eigenvalue weighted by atomic mass is 16.3. The van der Waals surface area contributed by atoms with Gasteiger partial charge < -0.3 is 31.5 Å². The first kappa shape index (κ1) is 42.0. The van der Waals surface area contributed by atoms with E-state index in [4.69, 9.17) is 0 Å². The fraction of sp³-hybridized carbons (Fsp3) is 0.714.